The summed E-state index contributed by atoms with van der Waals surface area (Å²) in [5.74, 6) is 0.370. The number of carboxylic acids is 1. The predicted molar refractivity (Wildman–Crippen MR) is 127 cm³/mol. The number of rotatable bonds is 11. The van der Waals surface area contributed by atoms with E-state index in [0.29, 0.717) is 48.9 Å². The van der Waals surface area contributed by atoms with Crippen LogP contribution in [0, 0.1) is 0 Å². The van der Waals surface area contributed by atoms with Crippen molar-refractivity contribution in [1.82, 2.24) is 0 Å². The van der Waals surface area contributed by atoms with Gasteiger partial charge >= 0.3 is 35.5 Å². The Morgan fingerprint density at radius 2 is 1.70 bits per heavy atom. The van der Waals surface area contributed by atoms with Crippen LogP contribution in [0.15, 0.2) is 48.5 Å². The fourth-order valence-corrected chi connectivity index (χ4v) is 3.32. The third-order valence-electron chi connectivity index (χ3n) is 4.92. The van der Waals surface area contributed by atoms with Crippen LogP contribution in [0.1, 0.15) is 36.2 Å². The van der Waals surface area contributed by atoms with Crippen LogP contribution in [0.2, 0.25) is 0 Å². The minimum atomic E-state index is -1.04. The van der Waals surface area contributed by atoms with Crippen molar-refractivity contribution in [3.05, 3.63) is 59.7 Å². The van der Waals surface area contributed by atoms with Crippen molar-refractivity contribution in [2.75, 3.05) is 19.8 Å². The topological polar surface area (TPSA) is 102 Å². The van der Waals surface area contributed by atoms with Gasteiger partial charge in [-0.15, -0.1) is 0 Å². The van der Waals surface area contributed by atoms with Crippen LogP contribution in [-0.2, 0) is 11.2 Å². The number of phenols is 1. The summed E-state index contributed by atoms with van der Waals surface area (Å²) in [5.41, 5.74) is 1.15. The molecule has 0 saturated heterocycles. The van der Waals surface area contributed by atoms with Gasteiger partial charge in [-0.3, -0.25) is 4.79 Å². The van der Waals surface area contributed by atoms with Gasteiger partial charge in [-0.05, 0) is 48.6 Å². The van der Waals surface area contributed by atoms with E-state index in [1.54, 1.807) is 12.1 Å². The minimum absolute atomic E-state index is 0. The average molecular weight is 462 g/mol. The number of Topliss-reactive ketones (excluding diaryl/α,β-unsaturated/α-hetero) is 1. The number of ether oxygens (including phenoxy) is 3. The molecule has 0 aromatic heterocycles. The maximum atomic E-state index is 11.6. The number of carbonyl (C=O) groups is 2. The molecule has 7 nitrogen and oxygen atoms in total. The second kappa shape index (κ2) is 12.5. The Morgan fingerprint density at radius 1 is 0.939 bits per heavy atom. The molecule has 0 saturated carbocycles. The summed E-state index contributed by atoms with van der Waals surface area (Å²) in [6.45, 7) is 3.75. The fourth-order valence-electron chi connectivity index (χ4n) is 3.32. The van der Waals surface area contributed by atoms with Crippen molar-refractivity contribution in [2.24, 2.45) is 0 Å². The van der Waals surface area contributed by atoms with E-state index in [1.165, 1.54) is 13.0 Å². The molecule has 0 aliphatic carbocycles. The van der Waals surface area contributed by atoms with Gasteiger partial charge in [-0.25, -0.2) is 4.79 Å². The Morgan fingerprint density at radius 3 is 2.39 bits per heavy atom. The zero-order valence-corrected chi connectivity index (χ0v) is 18.1. The van der Waals surface area contributed by atoms with Crippen molar-refractivity contribution < 1.29 is 34.0 Å². The summed E-state index contributed by atoms with van der Waals surface area (Å²) < 4.78 is 17.0. The van der Waals surface area contributed by atoms with E-state index in [9.17, 15) is 14.7 Å². The van der Waals surface area contributed by atoms with Gasteiger partial charge in [-0.1, -0.05) is 25.1 Å². The number of hydrogen-bond acceptors (Lipinski definition) is 6. The second-order valence-corrected chi connectivity index (χ2v) is 7.26. The summed E-state index contributed by atoms with van der Waals surface area (Å²) in [7, 11) is 0. The van der Waals surface area contributed by atoms with Gasteiger partial charge in [0, 0.05) is 17.9 Å². The second-order valence-electron chi connectivity index (χ2n) is 7.26. The van der Waals surface area contributed by atoms with Crippen LogP contribution in [0.25, 0.3) is 10.8 Å². The molecule has 0 amide bonds. The third kappa shape index (κ3) is 7.12. The number of phenolic OH excluding ortho intramolecular Hbond substituents is 1. The first-order valence-corrected chi connectivity index (χ1v) is 10.4. The zero-order chi connectivity index (χ0) is 23.1. The molecule has 0 unspecified atom stereocenters. The molecule has 33 heavy (non-hydrogen) atoms. The van der Waals surface area contributed by atoms with Gasteiger partial charge in [0.05, 0.1) is 18.8 Å². The third-order valence-corrected chi connectivity index (χ3v) is 4.92. The molecule has 8 heteroatoms. The van der Waals surface area contributed by atoms with Crippen LogP contribution in [0.4, 0.5) is 0 Å². The van der Waals surface area contributed by atoms with Gasteiger partial charge in [0.15, 0.2) is 12.4 Å². The van der Waals surface area contributed by atoms with Crippen LogP contribution in [0.5, 0.6) is 23.0 Å². The van der Waals surface area contributed by atoms with E-state index >= 15 is 0 Å². The number of aryl methyl sites for hydroxylation is 1. The number of benzene rings is 3. The summed E-state index contributed by atoms with van der Waals surface area (Å²) in [5, 5.41) is 20.6. The Hall–Kier alpha value is -2.74. The van der Waals surface area contributed by atoms with E-state index in [1.807, 2.05) is 37.3 Å². The Kier molecular flexibility index (Phi) is 10.0. The summed E-state index contributed by atoms with van der Waals surface area (Å²) in [4.78, 5) is 22.4. The molecule has 0 aliphatic heterocycles. The molecule has 0 atom stereocenters. The molecule has 0 radical (unpaired) electrons. The number of carbonyl (C=O) groups excluding carboxylic acids is 1. The Labute approximate surface area is 214 Å². The molecule has 0 fully saturated rings. The van der Waals surface area contributed by atoms with E-state index < -0.39 is 12.6 Å². The molecule has 170 valence electrons. The first-order chi connectivity index (χ1) is 15.4. The molecule has 3 rings (SSSR count). The monoisotopic (exact) mass is 462 g/mol. The first-order valence-electron chi connectivity index (χ1n) is 10.4. The van der Waals surface area contributed by atoms with Crippen molar-refractivity contribution in [3.63, 3.8) is 0 Å². The van der Waals surface area contributed by atoms with Crippen LogP contribution in [-0.4, -0.2) is 71.3 Å². The number of aromatic hydroxyl groups is 1. The SMILES string of the molecule is CCc1cc(C(C)=O)c(O)cc1OCCCOc1ccc2cccc(OCC(=O)O)c2c1.[NaH]. The normalized spacial score (nSPS) is 10.4. The number of carboxylic acid groups (broad SMARTS) is 1. The Balaban J connectivity index is 0.00000385. The molecule has 0 aliphatic rings. The summed E-state index contributed by atoms with van der Waals surface area (Å²) in [6.07, 6.45) is 1.28. The van der Waals surface area contributed by atoms with E-state index in [-0.39, 0.29) is 41.1 Å². The molecule has 0 heterocycles. The van der Waals surface area contributed by atoms with Crippen molar-refractivity contribution in [1.29, 1.82) is 0 Å². The Bertz CT molecular complexity index is 1130. The van der Waals surface area contributed by atoms with Crippen molar-refractivity contribution >= 4 is 52.1 Å². The average Bonchev–Trinajstić information content (AvgIpc) is 2.77. The molecule has 0 bridgehead atoms. The van der Waals surface area contributed by atoms with E-state index in [4.69, 9.17) is 19.3 Å². The quantitative estimate of drug-likeness (QED) is 0.253. The predicted octanol–water partition coefficient (Wildman–Crippen LogP) is 3.97. The number of fused-ring (bicyclic) bond motifs is 1. The molecule has 3 aromatic carbocycles. The van der Waals surface area contributed by atoms with Crippen molar-refractivity contribution in [2.45, 2.75) is 26.7 Å². The first kappa shape index (κ1) is 26.5. The fraction of sp³-hybridized carbons (Fsp3) is 0.280. The number of aliphatic carboxylic acids is 1. The van der Waals surface area contributed by atoms with Gasteiger partial charge in [0.25, 0.3) is 0 Å². The van der Waals surface area contributed by atoms with Crippen molar-refractivity contribution in [3.8, 4) is 23.0 Å². The van der Waals surface area contributed by atoms with Crippen LogP contribution >= 0.6 is 0 Å². The van der Waals surface area contributed by atoms with Gasteiger partial charge in [0.1, 0.15) is 23.0 Å². The standard InChI is InChI=1S/C25H26O7.Na.H/c1-3-17-12-20(16(2)26)22(27)14-24(17)31-11-5-10-30-19-9-8-18-6-4-7-23(21(18)13-19)32-15-25(28)29;;/h4,6-9,12-14,27H,3,5,10-11,15H2,1-2H3,(H,28,29);;. The van der Waals surface area contributed by atoms with Gasteiger partial charge < -0.3 is 24.4 Å². The molecule has 2 N–H and O–H groups in total. The van der Waals surface area contributed by atoms with E-state index in [2.05, 4.69) is 0 Å². The summed E-state index contributed by atoms with van der Waals surface area (Å²) in [6, 6.07) is 14.2. The van der Waals surface area contributed by atoms with Gasteiger partial charge in [0.2, 0.25) is 0 Å². The number of ketones is 1. The maximum absolute atomic E-state index is 11.6. The summed E-state index contributed by atoms with van der Waals surface area (Å²) >= 11 is 0. The van der Waals surface area contributed by atoms with Gasteiger partial charge in [-0.2, -0.15) is 0 Å². The molecule has 0 spiro atoms. The molecular formula is C25H27NaO7. The molecule has 3 aromatic rings. The van der Waals surface area contributed by atoms with Crippen LogP contribution < -0.4 is 14.2 Å². The zero-order valence-electron chi connectivity index (χ0n) is 18.1. The van der Waals surface area contributed by atoms with E-state index in [0.717, 1.165) is 16.3 Å². The number of hydrogen-bond donors (Lipinski definition) is 2. The molecular weight excluding hydrogens is 435 g/mol. The van der Waals surface area contributed by atoms with Crippen LogP contribution in [0.3, 0.4) is 0 Å².